The van der Waals surface area contributed by atoms with E-state index in [0.717, 1.165) is 13.1 Å². The van der Waals surface area contributed by atoms with Crippen LogP contribution in [0.25, 0.3) is 0 Å². The highest BCUT2D eigenvalue weighted by molar-refractivity contribution is 5.77. The van der Waals surface area contributed by atoms with Crippen LogP contribution in [0.3, 0.4) is 0 Å². The van der Waals surface area contributed by atoms with Gasteiger partial charge in [0.2, 0.25) is 5.91 Å². The summed E-state index contributed by atoms with van der Waals surface area (Å²) in [5.74, 6) is 0.0902. The molecule has 1 aliphatic heterocycles. The van der Waals surface area contributed by atoms with Crippen molar-refractivity contribution in [2.45, 2.75) is 20.3 Å². The molecule has 18 heavy (non-hydrogen) atoms. The molecule has 6 nitrogen and oxygen atoms in total. The van der Waals surface area contributed by atoms with E-state index in [1.807, 2.05) is 18.7 Å². The van der Waals surface area contributed by atoms with Gasteiger partial charge in [0, 0.05) is 52.2 Å². The lowest BCUT2D eigenvalue weighted by Crippen LogP contribution is -2.54. The van der Waals surface area contributed by atoms with Gasteiger partial charge in [0.25, 0.3) is 0 Å². The van der Waals surface area contributed by atoms with E-state index in [0.29, 0.717) is 39.1 Å². The summed E-state index contributed by atoms with van der Waals surface area (Å²) in [6.07, 6.45) is 0.393. The van der Waals surface area contributed by atoms with E-state index in [1.165, 1.54) is 0 Å². The maximum atomic E-state index is 12.1. The second-order valence-corrected chi connectivity index (χ2v) is 4.36. The summed E-state index contributed by atoms with van der Waals surface area (Å²) in [6.45, 7) is 8.25. The Morgan fingerprint density at radius 1 is 1.06 bits per heavy atom. The van der Waals surface area contributed by atoms with Crippen LogP contribution in [0.2, 0.25) is 0 Å². The van der Waals surface area contributed by atoms with E-state index in [9.17, 15) is 9.59 Å². The first-order valence-corrected chi connectivity index (χ1v) is 6.65. The standard InChI is InChI=1S/C12H24N4O2/c1-3-14(4-2)12(18)16-9-7-15(8-10-16)11(17)5-6-13/h3-10,13H2,1-2H3. The fourth-order valence-electron chi connectivity index (χ4n) is 2.12. The maximum Gasteiger partial charge on any atom is 0.320 e. The topological polar surface area (TPSA) is 69.9 Å². The van der Waals surface area contributed by atoms with Gasteiger partial charge >= 0.3 is 6.03 Å². The number of amides is 3. The zero-order valence-electron chi connectivity index (χ0n) is 11.4. The summed E-state index contributed by atoms with van der Waals surface area (Å²) in [4.78, 5) is 29.2. The Balaban J connectivity index is 2.43. The van der Waals surface area contributed by atoms with Crippen molar-refractivity contribution in [3.05, 3.63) is 0 Å². The average Bonchev–Trinajstić information content (AvgIpc) is 2.40. The molecule has 104 valence electrons. The van der Waals surface area contributed by atoms with Crippen molar-refractivity contribution in [3.63, 3.8) is 0 Å². The van der Waals surface area contributed by atoms with Gasteiger partial charge < -0.3 is 20.4 Å². The van der Waals surface area contributed by atoms with E-state index >= 15 is 0 Å². The molecule has 1 saturated heterocycles. The molecule has 0 bridgehead atoms. The molecule has 0 saturated carbocycles. The smallest absolute Gasteiger partial charge is 0.320 e. The van der Waals surface area contributed by atoms with Crippen LogP contribution < -0.4 is 5.73 Å². The van der Waals surface area contributed by atoms with Crippen LogP contribution in [0.5, 0.6) is 0 Å². The van der Waals surface area contributed by atoms with E-state index in [1.54, 1.807) is 9.80 Å². The number of nitrogens with two attached hydrogens (primary N) is 1. The molecule has 0 aromatic heterocycles. The summed E-state index contributed by atoms with van der Waals surface area (Å²) < 4.78 is 0. The van der Waals surface area contributed by atoms with Crippen LogP contribution in [-0.4, -0.2) is 72.5 Å². The lowest BCUT2D eigenvalue weighted by Gasteiger charge is -2.37. The second kappa shape index (κ2) is 7.20. The average molecular weight is 256 g/mol. The van der Waals surface area contributed by atoms with Gasteiger partial charge in [0.15, 0.2) is 0 Å². The Bertz CT molecular complexity index is 284. The van der Waals surface area contributed by atoms with Gasteiger partial charge in [-0.1, -0.05) is 0 Å². The summed E-state index contributed by atoms with van der Waals surface area (Å²) >= 11 is 0. The summed E-state index contributed by atoms with van der Waals surface area (Å²) in [5, 5.41) is 0. The first kappa shape index (κ1) is 14.8. The highest BCUT2D eigenvalue weighted by atomic mass is 16.2. The van der Waals surface area contributed by atoms with Crippen molar-refractivity contribution in [2.24, 2.45) is 5.73 Å². The molecule has 0 unspecified atom stereocenters. The Morgan fingerprint density at radius 3 is 2.00 bits per heavy atom. The zero-order valence-corrected chi connectivity index (χ0v) is 11.4. The fraction of sp³-hybridized carbons (Fsp3) is 0.833. The first-order chi connectivity index (χ1) is 8.63. The largest absolute Gasteiger partial charge is 0.339 e. The molecular weight excluding hydrogens is 232 g/mol. The van der Waals surface area contributed by atoms with Crippen LogP contribution >= 0.6 is 0 Å². The molecule has 2 N–H and O–H groups in total. The molecule has 0 aromatic carbocycles. The quantitative estimate of drug-likeness (QED) is 0.766. The van der Waals surface area contributed by atoms with Gasteiger partial charge in [-0.15, -0.1) is 0 Å². The summed E-state index contributed by atoms with van der Waals surface area (Å²) in [7, 11) is 0. The molecule has 6 heteroatoms. The van der Waals surface area contributed by atoms with Crippen LogP contribution in [0.4, 0.5) is 4.79 Å². The van der Waals surface area contributed by atoms with Gasteiger partial charge in [0.05, 0.1) is 0 Å². The normalized spacial score (nSPS) is 15.7. The maximum absolute atomic E-state index is 12.1. The Morgan fingerprint density at radius 2 is 1.56 bits per heavy atom. The van der Waals surface area contributed by atoms with E-state index in [-0.39, 0.29) is 11.9 Å². The zero-order chi connectivity index (χ0) is 13.5. The van der Waals surface area contributed by atoms with Crippen molar-refractivity contribution in [1.82, 2.24) is 14.7 Å². The van der Waals surface area contributed by atoms with Gasteiger partial charge in [-0.25, -0.2) is 4.79 Å². The monoisotopic (exact) mass is 256 g/mol. The molecule has 1 rings (SSSR count). The number of piperazine rings is 1. The predicted molar refractivity (Wildman–Crippen MR) is 70.1 cm³/mol. The Hall–Kier alpha value is -1.30. The lowest BCUT2D eigenvalue weighted by atomic mass is 10.3. The number of hydrogen-bond acceptors (Lipinski definition) is 3. The van der Waals surface area contributed by atoms with Crippen LogP contribution in [0.15, 0.2) is 0 Å². The molecule has 0 atom stereocenters. The van der Waals surface area contributed by atoms with E-state index in [2.05, 4.69) is 0 Å². The summed E-state index contributed by atoms with van der Waals surface area (Å²) in [6, 6.07) is 0.0749. The van der Waals surface area contributed by atoms with Crippen molar-refractivity contribution < 1.29 is 9.59 Å². The van der Waals surface area contributed by atoms with E-state index in [4.69, 9.17) is 5.73 Å². The number of carbonyl (C=O) groups excluding carboxylic acids is 2. The highest BCUT2D eigenvalue weighted by Gasteiger charge is 2.25. The number of urea groups is 1. The number of rotatable bonds is 4. The number of hydrogen-bond donors (Lipinski definition) is 1. The highest BCUT2D eigenvalue weighted by Crippen LogP contribution is 2.07. The lowest BCUT2D eigenvalue weighted by molar-refractivity contribution is -0.132. The van der Waals surface area contributed by atoms with Gasteiger partial charge in [-0.3, -0.25) is 4.79 Å². The molecular formula is C12H24N4O2. The van der Waals surface area contributed by atoms with Gasteiger partial charge in [-0.2, -0.15) is 0 Å². The molecule has 3 amide bonds. The predicted octanol–water partition coefficient (Wildman–Crippen LogP) is -0.0588. The molecule has 1 fully saturated rings. The minimum Gasteiger partial charge on any atom is -0.339 e. The van der Waals surface area contributed by atoms with Gasteiger partial charge in [0.1, 0.15) is 0 Å². The van der Waals surface area contributed by atoms with Crippen LogP contribution in [-0.2, 0) is 4.79 Å². The first-order valence-electron chi connectivity index (χ1n) is 6.65. The Kier molecular flexibility index (Phi) is 5.91. The molecule has 1 heterocycles. The third-order valence-electron chi connectivity index (χ3n) is 3.30. The third-order valence-corrected chi connectivity index (χ3v) is 3.30. The fourth-order valence-corrected chi connectivity index (χ4v) is 2.12. The second-order valence-electron chi connectivity index (χ2n) is 4.36. The molecule has 0 spiro atoms. The summed E-state index contributed by atoms with van der Waals surface area (Å²) in [5.41, 5.74) is 5.37. The molecule has 0 radical (unpaired) electrons. The van der Waals surface area contributed by atoms with E-state index < -0.39 is 0 Å². The number of nitrogens with zero attached hydrogens (tertiary/aromatic N) is 3. The van der Waals surface area contributed by atoms with Crippen LogP contribution in [0.1, 0.15) is 20.3 Å². The molecule has 0 aromatic rings. The Labute approximate surface area is 109 Å². The van der Waals surface area contributed by atoms with Crippen LogP contribution in [0, 0.1) is 0 Å². The van der Waals surface area contributed by atoms with Gasteiger partial charge in [-0.05, 0) is 13.8 Å². The number of carbonyl (C=O) groups is 2. The van der Waals surface area contributed by atoms with Crippen molar-refractivity contribution >= 4 is 11.9 Å². The minimum absolute atomic E-state index is 0.0749. The van der Waals surface area contributed by atoms with Crippen molar-refractivity contribution in [3.8, 4) is 0 Å². The minimum atomic E-state index is 0.0749. The van der Waals surface area contributed by atoms with Crippen molar-refractivity contribution in [1.29, 1.82) is 0 Å². The third kappa shape index (κ3) is 3.60. The molecule has 1 aliphatic rings. The molecule has 0 aliphatic carbocycles. The van der Waals surface area contributed by atoms with Crippen molar-refractivity contribution in [2.75, 3.05) is 45.8 Å². The SMILES string of the molecule is CCN(CC)C(=O)N1CCN(C(=O)CCN)CC1.